The number of likely N-dealkylation sites (N-methyl/N-ethyl adjacent to an activating group) is 1. The van der Waals surface area contributed by atoms with Crippen LogP contribution in [0, 0.1) is 0 Å². The monoisotopic (exact) mass is 394 g/mol. The predicted molar refractivity (Wildman–Crippen MR) is 113 cm³/mol. The van der Waals surface area contributed by atoms with E-state index in [0.717, 1.165) is 22.0 Å². The lowest BCUT2D eigenvalue weighted by molar-refractivity contribution is -0.117. The van der Waals surface area contributed by atoms with Gasteiger partial charge in [-0.25, -0.2) is 0 Å². The van der Waals surface area contributed by atoms with Crippen LogP contribution in [0.3, 0.4) is 0 Å². The zero-order chi connectivity index (χ0) is 19.3. The second kappa shape index (κ2) is 8.35. The number of rotatable bonds is 6. The number of nitrogens with zero attached hydrogens (tertiary/aromatic N) is 2. The third kappa shape index (κ3) is 4.12. The van der Waals surface area contributed by atoms with Gasteiger partial charge in [0.2, 0.25) is 5.91 Å². The molecule has 0 saturated heterocycles. The number of amides is 1. The quantitative estimate of drug-likeness (QED) is 0.629. The molecule has 1 aliphatic heterocycles. The van der Waals surface area contributed by atoms with E-state index >= 15 is 0 Å². The van der Waals surface area contributed by atoms with Gasteiger partial charge in [-0.3, -0.25) is 4.79 Å². The molecule has 1 amide bonds. The average molecular weight is 394 g/mol. The van der Waals surface area contributed by atoms with Crippen molar-refractivity contribution in [3.05, 3.63) is 70.9 Å². The van der Waals surface area contributed by atoms with Crippen molar-refractivity contribution in [1.82, 2.24) is 0 Å². The Hall–Kier alpha value is -2.99. The van der Waals surface area contributed by atoms with E-state index < -0.39 is 0 Å². The van der Waals surface area contributed by atoms with Crippen molar-refractivity contribution in [2.24, 2.45) is 0 Å². The van der Waals surface area contributed by atoms with Crippen molar-refractivity contribution >= 4 is 28.6 Å². The number of ether oxygens (including phenoxy) is 2. The van der Waals surface area contributed by atoms with Crippen LogP contribution in [0.1, 0.15) is 4.88 Å². The summed E-state index contributed by atoms with van der Waals surface area (Å²) >= 11 is 1.64. The molecular weight excluding hydrogens is 372 g/mol. The summed E-state index contributed by atoms with van der Waals surface area (Å²) in [5.74, 6) is 1.43. The standard InChI is InChI=1S/C22H22N2O3S/c1-23(17-6-3-2-4-7-17)16-22(25)24(15-19-8-5-13-28-19)18-9-10-20-21(14-18)27-12-11-26-20/h2-10,13-14H,11-12,15-16H2,1H3. The fourth-order valence-corrected chi connectivity index (χ4v) is 3.84. The second-order valence-corrected chi connectivity index (χ2v) is 7.61. The largest absolute Gasteiger partial charge is 0.486 e. The van der Waals surface area contributed by atoms with Gasteiger partial charge < -0.3 is 19.3 Å². The van der Waals surface area contributed by atoms with Crippen molar-refractivity contribution in [2.45, 2.75) is 6.54 Å². The minimum Gasteiger partial charge on any atom is -0.486 e. The van der Waals surface area contributed by atoms with Gasteiger partial charge in [0.1, 0.15) is 13.2 Å². The summed E-state index contributed by atoms with van der Waals surface area (Å²) in [6.07, 6.45) is 0. The maximum atomic E-state index is 13.2. The molecule has 144 valence electrons. The molecule has 0 bridgehead atoms. The zero-order valence-electron chi connectivity index (χ0n) is 15.7. The lowest BCUT2D eigenvalue weighted by Crippen LogP contribution is -2.38. The molecule has 0 aliphatic carbocycles. The van der Waals surface area contributed by atoms with Crippen LogP contribution in [0.25, 0.3) is 0 Å². The van der Waals surface area contributed by atoms with Gasteiger partial charge in [-0.15, -0.1) is 11.3 Å². The molecule has 5 nitrogen and oxygen atoms in total. The number of hydrogen-bond acceptors (Lipinski definition) is 5. The average Bonchev–Trinajstić information content (AvgIpc) is 3.25. The lowest BCUT2D eigenvalue weighted by atomic mass is 10.2. The van der Waals surface area contributed by atoms with Crippen molar-refractivity contribution in [3.8, 4) is 11.5 Å². The maximum Gasteiger partial charge on any atom is 0.246 e. The van der Waals surface area contributed by atoms with Crippen LogP contribution in [0.5, 0.6) is 11.5 Å². The highest BCUT2D eigenvalue weighted by Crippen LogP contribution is 2.34. The Kier molecular flexibility index (Phi) is 5.48. The molecule has 0 unspecified atom stereocenters. The summed E-state index contributed by atoms with van der Waals surface area (Å²) in [6.45, 7) is 1.88. The lowest BCUT2D eigenvalue weighted by Gasteiger charge is -2.27. The highest BCUT2D eigenvalue weighted by molar-refractivity contribution is 7.09. The van der Waals surface area contributed by atoms with Crippen LogP contribution in [0.15, 0.2) is 66.0 Å². The number of carbonyl (C=O) groups is 1. The SMILES string of the molecule is CN(CC(=O)N(Cc1cccs1)c1ccc2c(c1)OCCO2)c1ccccc1. The molecule has 4 rings (SSSR count). The molecule has 0 saturated carbocycles. The summed E-state index contributed by atoms with van der Waals surface area (Å²) in [5.41, 5.74) is 1.82. The van der Waals surface area contributed by atoms with Gasteiger partial charge in [0, 0.05) is 29.4 Å². The van der Waals surface area contributed by atoms with Gasteiger partial charge in [0.25, 0.3) is 0 Å². The molecule has 0 atom stereocenters. The van der Waals surface area contributed by atoms with E-state index in [4.69, 9.17) is 9.47 Å². The fraction of sp³-hybridized carbons (Fsp3) is 0.227. The summed E-state index contributed by atoms with van der Waals surface area (Å²) in [5, 5.41) is 2.03. The third-order valence-electron chi connectivity index (χ3n) is 4.60. The number of hydrogen-bond donors (Lipinski definition) is 0. The van der Waals surface area contributed by atoms with Gasteiger partial charge in [-0.2, -0.15) is 0 Å². The summed E-state index contributed by atoms with van der Waals surface area (Å²) < 4.78 is 11.3. The predicted octanol–water partition coefficient (Wildman–Crippen LogP) is 4.19. The number of thiophene rings is 1. The van der Waals surface area contributed by atoms with Gasteiger partial charge in [0.15, 0.2) is 11.5 Å². The van der Waals surface area contributed by atoms with Crippen molar-refractivity contribution in [2.75, 3.05) is 36.6 Å². The highest BCUT2D eigenvalue weighted by atomic mass is 32.1. The normalized spacial score (nSPS) is 12.5. The van der Waals surface area contributed by atoms with E-state index in [-0.39, 0.29) is 12.5 Å². The minimum atomic E-state index is 0.0245. The Morgan fingerprint density at radius 2 is 1.75 bits per heavy atom. The van der Waals surface area contributed by atoms with E-state index in [1.807, 2.05) is 82.9 Å². The zero-order valence-corrected chi connectivity index (χ0v) is 16.5. The van der Waals surface area contributed by atoms with Crippen LogP contribution < -0.4 is 19.3 Å². The molecule has 2 aromatic carbocycles. The molecule has 0 N–H and O–H groups in total. The van der Waals surface area contributed by atoms with Crippen LogP contribution in [0.2, 0.25) is 0 Å². The van der Waals surface area contributed by atoms with Crippen molar-refractivity contribution in [3.63, 3.8) is 0 Å². The maximum absolute atomic E-state index is 13.2. The van der Waals surface area contributed by atoms with Crippen LogP contribution in [-0.4, -0.2) is 32.7 Å². The molecular formula is C22H22N2O3S. The Balaban J connectivity index is 1.59. The molecule has 3 aromatic rings. The Morgan fingerprint density at radius 3 is 2.50 bits per heavy atom. The van der Waals surface area contributed by atoms with E-state index in [1.165, 1.54) is 0 Å². The summed E-state index contributed by atoms with van der Waals surface area (Å²) in [4.78, 5) is 18.1. The van der Waals surface area contributed by atoms with E-state index in [9.17, 15) is 4.79 Å². The molecule has 1 aliphatic rings. The summed E-state index contributed by atoms with van der Waals surface area (Å²) in [7, 11) is 1.93. The smallest absolute Gasteiger partial charge is 0.246 e. The van der Waals surface area contributed by atoms with Gasteiger partial charge in [-0.05, 0) is 35.7 Å². The van der Waals surface area contributed by atoms with E-state index in [2.05, 4.69) is 0 Å². The van der Waals surface area contributed by atoms with E-state index in [0.29, 0.717) is 25.5 Å². The molecule has 0 spiro atoms. The first kappa shape index (κ1) is 18.4. The number of anilines is 2. The minimum absolute atomic E-state index is 0.0245. The van der Waals surface area contributed by atoms with Crippen LogP contribution >= 0.6 is 11.3 Å². The molecule has 6 heteroatoms. The fourth-order valence-electron chi connectivity index (χ4n) is 3.14. The van der Waals surface area contributed by atoms with E-state index in [1.54, 1.807) is 11.3 Å². The number of fused-ring (bicyclic) bond motifs is 1. The Morgan fingerprint density at radius 1 is 0.964 bits per heavy atom. The highest BCUT2D eigenvalue weighted by Gasteiger charge is 2.21. The second-order valence-electron chi connectivity index (χ2n) is 6.58. The van der Waals surface area contributed by atoms with Crippen LogP contribution in [-0.2, 0) is 11.3 Å². The molecule has 0 fully saturated rings. The van der Waals surface area contributed by atoms with Crippen molar-refractivity contribution < 1.29 is 14.3 Å². The van der Waals surface area contributed by atoms with Crippen molar-refractivity contribution in [1.29, 1.82) is 0 Å². The number of benzene rings is 2. The molecule has 2 heterocycles. The topological polar surface area (TPSA) is 42.0 Å². The molecule has 28 heavy (non-hydrogen) atoms. The molecule has 0 radical (unpaired) electrons. The van der Waals surface area contributed by atoms with Crippen LogP contribution in [0.4, 0.5) is 11.4 Å². The summed E-state index contributed by atoms with van der Waals surface area (Å²) in [6, 6.07) is 19.6. The van der Waals surface area contributed by atoms with Gasteiger partial charge in [-0.1, -0.05) is 24.3 Å². The Labute approximate surface area is 168 Å². The first-order chi connectivity index (χ1) is 13.7. The first-order valence-electron chi connectivity index (χ1n) is 9.19. The van der Waals surface area contributed by atoms with Gasteiger partial charge in [0.05, 0.1) is 13.1 Å². The first-order valence-corrected chi connectivity index (χ1v) is 10.1. The third-order valence-corrected chi connectivity index (χ3v) is 5.46. The number of carbonyl (C=O) groups excluding carboxylic acids is 1. The Bertz CT molecular complexity index is 928. The number of para-hydroxylation sites is 1. The molecule has 1 aromatic heterocycles. The van der Waals surface area contributed by atoms with Gasteiger partial charge >= 0.3 is 0 Å².